The molecule has 0 aromatic carbocycles. The molecule has 1 heterocycles. The minimum absolute atomic E-state index is 0.146. The molecule has 0 aromatic heterocycles. The van der Waals surface area contributed by atoms with E-state index < -0.39 is 5.60 Å². The summed E-state index contributed by atoms with van der Waals surface area (Å²) in [5, 5.41) is 0. The van der Waals surface area contributed by atoms with Gasteiger partial charge >= 0.3 is 5.97 Å². The Hall–Kier alpha value is -0.610. The number of esters is 1. The normalized spacial score (nSPS) is 27.9. The Morgan fingerprint density at radius 3 is 2.50 bits per heavy atom. The first-order valence-corrected chi connectivity index (χ1v) is 6.74. The molecule has 1 aliphatic heterocycles. The van der Waals surface area contributed by atoms with Gasteiger partial charge in [0.2, 0.25) is 0 Å². The lowest BCUT2D eigenvalue weighted by Crippen LogP contribution is -2.51. The van der Waals surface area contributed by atoms with Gasteiger partial charge in [-0.2, -0.15) is 0 Å². The van der Waals surface area contributed by atoms with Crippen molar-refractivity contribution in [3.05, 3.63) is 0 Å². The van der Waals surface area contributed by atoms with Gasteiger partial charge in [-0.25, -0.2) is 0 Å². The van der Waals surface area contributed by atoms with Crippen LogP contribution >= 0.6 is 0 Å². The summed E-state index contributed by atoms with van der Waals surface area (Å²) in [4.78, 5) is 14.2. The number of likely N-dealkylation sites (tertiary alicyclic amines) is 1. The molecule has 18 heavy (non-hydrogen) atoms. The van der Waals surface area contributed by atoms with Gasteiger partial charge < -0.3 is 9.47 Å². The third-order valence-electron chi connectivity index (χ3n) is 3.52. The molecule has 0 N–H and O–H groups in total. The predicted octanol–water partition coefficient (Wildman–Crippen LogP) is 2.07. The van der Waals surface area contributed by atoms with Crippen LogP contribution in [0.5, 0.6) is 0 Å². The number of nitrogens with zero attached hydrogens (tertiary/aromatic N) is 1. The summed E-state index contributed by atoms with van der Waals surface area (Å²) in [5.41, 5.74) is -0.422. The van der Waals surface area contributed by atoms with E-state index in [2.05, 4.69) is 11.8 Å². The second-order valence-corrected chi connectivity index (χ2v) is 6.24. The molecule has 1 aliphatic rings. The van der Waals surface area contributed by atoms with Gasteiger partial charge in [0.1, 0.15) is 11.6 Å². The van der Waals surface area contributed by atoms with Gasteiger partial charge in [-0.05, 0) is 46.6 Å². The highest BCUT2D eigenvalue weighted by molar-refractivity contribution is 5.75. The molecule has 0 bridgehead atoms. The van der Waals surface area contributed by atoms with Crippen molar-refractivity contribution in [1.82, 2.24) is 4.90 Å². The van der Waals surface area contributed by atoms with Crippen molar-refractivity contribution in [3.63, 3.8) is 0 Å². The van der Waals surface area contributed by atoms with Crippen LogP contribution in [0, 0.1) is 5.92 Å². The number of hydrogen-bond acceptors (Lipinski definition) is 4. The van der Waals surface area contributed by atoms with E-state index in [9.17, 15) is 4.79 Å². The van der Waals surface area contributed by atoms with Crippen LogP contribution in [0.25, 0.3) is 0 Å². The average molecular weight is 257 g/mol. The fourth-order valence-electron chi connectivity index (χ4n) is 2.25. The van der Waals surface area contributed by atoms with Crippen LogP contribution < -0.4 is 0 Å². The lowest BCUT2D eigenvalue weighted by Gasteiger charge is -2.39. The van der Waals surface area contributed by atoms with E-state index in [1.807, 2.05) is 27.7 Å². The highest BCUT2D eigenvalue weighted by atomic mass is 16.6. The molecule has 0 aliphatic carbocycles. The molecule has 0 aromatic rings. The van der Waals surface area contributed by atoms with Gasteiger partial charge in [-0.15, -0.1) is 0 Å². The predicted molar refractivity (Wildman–Crippen MR) is 71.5 cm³/mol. The molecule has 0 radical (unpaired) electrons. The van der Waals surface area contributed by atoms with Crippen molar-refractivity contribution >= 4 is 5.97 Å². The Balaban J connectivity index is 2.56. The highest BCUT2D eigenvalue weighted by Crippen LogP contribution is 2.22. The zero-order valence-corrected chi connectivity index (χ0v) is 12.5. The molecule has 106 valence electrons. The smallest absolute Gasteiger partial charge is 0.323 e. The van der Waals surface area contributed by atoms with Crippen LogP contribution in [-0.2, 0) is 14.3 Å². The maximum Gasteiger partial charge on any atom is 0.323 e. The standard InChI is InChI=1S/C14H27NO3/c1-10-7-8-15(9-12(10)17-6)11(2)13(16)18-14(3,4)5/h10-12H,7-9H2,1-6H3. The fraction of sp³-hybridized carbons (Fsp3) is 0.929. The van der Waals surface area contributed by atoms with Gasteiger partial charge in [-0.3, -0.25) is 9.69 Å². The largest absolute Gasteiger partial charge is 0.459 e. The van der Waals surface area contributed by atoms with Crippen LogP contribution in [0.3, 0.4) is 0 Å². The summed E-state index contributed by atoms with van der Waals surface area (Å²) >= 11 is 0. The van der Waals surface area contributed by atoms with Crippen molar-refractivity contribution in [3.8, 4) is 0 Å². The van der Waals surface area contributed by atoms with E-state index in [4.69, 9.17) is 9.47 Å². The molecule has 0 saturated carbocycles. The Morgan fingerprint density at radius 1 is 1.39 bits per heavy atom. The summed E-state index contributed by atoms with van der Waals surface area (Å²) in [7, 11) is 1.74. The first kappa shape index (κ1) is 15.4. The van der Waals surface area contributed by atoms with Crippen molar-refractivity contribution in [2.75, 3.05) is 20.2 Å². The molecule has 1 rings (SSSR count). The molecular formula is C14H27NO3. The number of carbonyl (C=O) groups excluding carboxylic acids is 1. The third-order valence-corrected chi connectivity index (χ3v) is 3.52. The minimum atomic E-state index is -0.422. The maximum atomic E-state index is 12.0. The van der Waals surface area contributed by atoms with Gasteiger partial charge in [0, 0.05) is 13.7 Å². The number of carbonyl (C=O) groups is 1. The Bertz CT molecular complexity index is 285. The van der Waals surface area contributed by atoms with Crippen LogP contribution in [0.2, 0.25) is 0 Å². The first-order valence-electron chi connectivity index (χ1n) is 6.74. The van der Waals surface area contributed by atoms with Gasteiger partial charge in [0.25, 0.3) is 0 Å². The summed E-state index contributed by atoms with van der Waals surface area (Å²) in [6, 6.07) is -0.200. The number of rotatable bonds is 3. The van der Waals surface area contributed by atoms with Gasteiger partial charge in [0.05, 0.1) is 6.10 Å². The maximum absolute atomic E-state index is 12.0. The van der Waals surface area contributed by atoms with Crippen LogP contribution in [0.1, 0.15) is 41.0 Å². The summed E-state index contributed by atoms with van der Waals surface area (Å²) in [6.07, 6.45) is 1.27. The van der Waals surface area contributed by atoms with Crippen molar-refractivity contribution in [1.29, 1.82) is 0 Å². The van der Waals surface area contributed by atoms with E-state index in [1.165, 1.54) is 0 Å². The summed E-state index contributed by atoms with van der Waals surface area (Å²) in [5.74, 6) is 0.406. The van der Waals surface area contributed by atoms with Gasteiger partial charge in [0.15, 0.2) is 0 Å². The fourth-order valence-corrected chi connectivity index (χ4v) is 2.25. The zero-order chi connectivity index (χ0) is 13.9. The van der Waals surface area contributed by atoms with E-state index in [0.29, 0.717) is 5.92 Å². The first-order chi connectivity index (χ1) is 8.24. The topological polar surface area (TPSA) is 38.8 Å². The number of methoxy groups -OCH3 is 1. The van der Waals surface area contributed by atoms with E-state index in [-0.39, 0.29) is 18.1 Å². The molecule has 4 heteroatoms. The highest BCUT2D eigenvalue weighted by Gasteiger charge is 2.33. The number of hydrogen-bond donors (Lipinski definition) is 0. The molecule has 4 nitrogen and oxygen atoms in total. The van der Waals surface area contributed by atoms with Crippen molar-refractivity contribution in [2.24, 2.45) is 5.92 Å². The van der Waals surface area contributed by atoms with Crippen LogP contribution in [-0.4, -0.2) is 48.8 Å². The monoisotopic (exact) mass is 257 g/mol. The molecular weight excluding hydrogens is 230 g/mol. The quantitative estimate of drug-likeness (QED) is 0.726. The van der Waals surface area contributed by atoms with Crippen molar-refractivity contribution < 1.29 is 14.3 Å². The SMILES string of the molecule is COC1CN(C(C)C(=O)OC(C)(C)C)CCC1C. The van der Waals surface area contributed by atoms with E-state index in [1.54, 1.807) is 7.11 Å². The Morgan fingerprint density at radius 2 is 2.00 bits per heavy atom. The number of piperidine rings is 1. The molecule has 0 spiro atoms. The lowest BCUT2D eigenvalue weighted by molar-refractivity contribution is -0.162. The van der Waals surface area contributed by atoms with Crippen LogP contribution in [0.15, 0.2) is 0 Å². The zero-order valence-electron chi connectivity index (χ0n) is 12.5. The average Bonchev–Trinajstić information content (AvgIpc) is 2.26. The Labute approximate surface area is 111 Å². The summed E-state index contributed by atoms with van der Waals surface area (Å²) in [6.45, 7) is 11.5. The minimum Gasteiger partial charge on any atom is -0.459 e. The van der Waals surface area contributed by atoms with Gasteiger partial charge in [-0.1, -0.05) is 6.92 Å². The lowest BCUT2D eigenvalue weighted by atomic mass is 9.95. The molecule has 3 unspecified atom stereocenters. The molecule has 3 atom stereocenters. The van der Waals surface area contributed by atoms with Crippen molar-refractivity contribution in [2.45, 2.75) is 58.8 Å². The number of ether oxygens (including phenoxy) is 2. The van der Waals surface area contributed by atoms with Crippen LogP contribution in [0.4, 0.5) is 0 Å². The second kappa shape index (κ2) is 6.02. The molecule has 0 amide bonds. The molecule has 1 saturated heterocycles. The van der Waals surface area contributed by atoms with E-state index in [0.717, 1.165) is 19.5 Å². The Kier molecular flexibility index (Phi) is 5.17. The summed E-state index contributed by atoms with van der Waals surface area (Å²) < 4.78 is 10.9. The molecule has 1 fully saturated rings. The second-order valence-electron chi connectivity index (χ2n) is 6.24. The van der Waals surface area contributed by atoms with E-state index >= 15 is 0 Å². The third kappa shape index (κ3) is 4.25.